The van der Waals surface area contributed by atoms with Crippen molar-refractivity contribution in [2.75, 3.05) is 0 Å². The summed E-state index contributed by atoms with van der Waals surface area (Å²) in [4.78, 5) is 15.1. The minimum absolute atomic E-state index is 0.130. The second-order valence-electron chi connectivity index (χ2n) is 5.62. The molecule has 0 bridgehead atoms. The van der Waals surface area contributed by atoms with Crippen LogP contribution in [0.1, 0.15) is 34.2 Å². The van der Waals surface area contributed by atoms with Gasteiger partial charge in [-0.2, -0.15) is 0 Å². The summed E-state index contributed by atoms with van der Waals surface area (Å²) in [6, 6.07) is 10.3. The minimum atomic E-state index is 0.130. The Morgan fingerprint density at radius 2 is 2.00 bits per heavy atom. The average molecular weight is 280 g/mol. The summed E-state index contributed by atoms with van der Waals surface area (Å²) in [6.07, 6.45) is 2.99. The molecule has 3 heteroatoms. The molecule has 0 saturated heterocycles. The highest BCUT2D eigenvalue weighted by Crippen LogP contribution is 2.21. The molecule has 0 fully saturated rings. The third-order valence-electron chi connectivity index (χ3n) is 4.26. The number of fused-ring (bicyclic) bond motifs is 1. The maximum atomic E-state index is 11.8. The Hall–Kier alpha value is -2.29. The Morgan fingerprint density at radius 1 is 1.24 bits per heavy atom. The summed E-state index contributed by atoms with van der Waals surface area (Å²) < 4.78 is 2.14. The van der Waals surface area contributed by atoms with Crippen molar-refractivity contribution >= 4 is 16.7 Å². The van der Waals surface area contributed by atoms with E-state index >= 15 is 0 Å². The molecule has 3 rings (SSSR count). The molecule has 2 heterocycles. The molecule has 108 valence electrons. The van der Waals surface area contributed by atoms with Crippen molar-refractivity contribution in [3.05, 3.63) is 59.0 Å². The second kappa shape index (κ2) is 5.24. The SMILES string of the molecule is CC(=O)c1cc(C)c(C)n1CCc1c[nH]c2ccccc12. The van der Waals surface area contributed by atoms with Crippen molar-refractivity contribution in [3.63, 3.8) is 0 Å². The number of benzene rings is 1. The number of carbonyl (C=O) groups is 1. The molecule has 21 heavy (non-hydrogen) atoms. The number of nitrogens with zero attached hydrogens (tertiary/aromatic N) is 1. The topological polar surface area (TPSA) is 37.8 Å². The first-order chi connectivity index (χ1) is 10.1. The third-order valence-corrected chi connectivity index (χ3v) is 4.26. The molecule has 0 atom stereocenters. The Morgan fingerprint density at radius 3 is 2.76 bits per heavy atom. The van der Waals surface area contributed by atoms with Gasteiger partial charge in [0.25, 0.3) is 0 Å². The average Bonchev–Trinajstić information content (AvgIpc) is 3.00. The van der Waals surface area contributed by atoms with Crippen LogP contribution in [0.2, 0.25) is 0 Å². The van der Waals surface area contributed by atoms with Crippen LogP contribution in [0.3, 0.4) is 0 Å². The minimum Gasteiger partial charge on any atom is -0.361 e. The first-order valence-corrected chi connectivity index (χ1v) is 7.30. The van der Waals surface area contributed by atoms with Gasteiger partial charge < -0.3 is 9.55 Å². The molecular weight excluding hydrogens is 260 g/mol. The van der Waals surface area contributed by atoms with Crippen molar-refractivity contribution in [3.8, 4) is 0 Å². The van der Waals surface area contributed by atoms with E-state index in [1.165, 1.54) is 27.7 Å². The number of hydrogen-bond acceptors (Lipinski definition) is 1. The number of rotatable bonds is 4. The van der Waals surface area contributed by atoms with E-state index in [9.17, 15) is 4.79 Å². The lowest BCUT2D eigenvalue weighted by molar-refractivity contribution is 0.100. The molecule has 0 saturated carbocycles. The molecule has 0 amide bonds. The van der Waals surface area contributed by atoms with Gasteiger partial charge in [-0.1, -0.05) is 18.2 Å². The number of aromatic amines is 1. The second-order valence-corrected chi connectivity index (χ2v) is 5.62. The van der Waals surface area contributed by atoms with Crippen molar-refractivity contribution in [1.29, 1.82) is 0 Å². The molecule has 0 aliphatic rings. The molecule has 0 aliphatic carbocycles. The lowest BCUT2D eigenvalue weighted by Gasteiger charge is -2.10. The van der Waals surface area contributed by atoms with Gasteiger partial charge >= 0.3 is 0 Å². The van der Waals surface area contributed by atoms with E-state index in [2.05, 4.69) is 47.8 Å². The van der Waals surface area contributed by atoms with Crippen LogP contribution in [0.4, 0.5) is 0 Å². The molecule has 1 N–H and O–H groups in total. The molecule has 3 nitrogen and oxygen atoms in total. The van der Waals surface area contributed by atoms with Crippen molar-refractivity contribution in [2.24, 2.45) is 0 Å². The number of nitrogens with one attached hydrogen (secondary N) is 1. The fourth-order valence-corrected chi connectivity index (χ4v) is 2.93. The summed E-state index contributed by atoms with van der Waals surface area (Å²) in [5.74, 6) is 0.130. The fourth-order valence-electron chi connectivity index (χ4n) is 2.93. The van der Waals surface area contributed by atoms with E-state index < -0.39 is 0 Å². The van der Waals surface area contributed by atoms with Gasteiger partial charge in [-0.15, -0.1) is 0 Å². The Kier molecular flexibility index (Phi) is 3.42. The van der Waals surface area contributed by atoms with Crippen LogP contribution < -0.4 is 0 Å². The van der Waals surface area contributed by atoms with Gasteiger partial charge in [0.2, 0.25) is 0 Å². The van der Waals surface area contributed by atoms with E-state index in [0.29, 0.717) is 0 Å². The Bertz CT molecular complexity index is 808. The highest BCUT2D eigenvalue weighted by molar-refractivity contribution is 5.93. The molecule has 0 radical (unpaired) electrons. The molecule has 2 aromatic heterocycles. The highest BCUT2D eigenvalue weighted by Gasteiger charge is 2.13. The third kappa shape index (κ3) is 2.40. The van der Waals surface area contributed by atoms with Crippen LogP contribution in [0.5, 0.6) is 0 Å². The zero-order valence-electron chi connectivity index (χ0n) is 12.7. The molecule has 3 aromatic rings. The first kappa shape index (κ1) is 13.7. The lowest BCUT2D eigenvalue weighted by Crippen LogP contribution is -2.10. The number of H-pyrrole nitrogens is 1. The quantitative estimate of drug-likeness (QED) is 0.720. The summed E-state index contributed by atoms with van der Waals surface area (Å²) in [7, 11) is 0. The predicted octanol–water partition coefficient (Wildman–Crippen LogP) is 4.03. The molecule has 0 spiro atoms. The first-order valence-electron chi connectivity index (χ1n) is 7.30. The van der Waals surface area contributed by atoms with Crippen molar-refractivity contribution < 1.29 is 4.79 Å². The van der Waals surface area contributed by atoms with Crippen LogP contribution in [-0.4, -0.2) is 15.3 Å². The van der Waals surface area contributed by atoms with E-state index in [-0.39, 0.29) is 5.78 Å². The Balaban J connectivity index is 1.90. The summed E-state index contributed by atoms with van der Waals surface area (Å²) >= 11 is 0. The standard InChI is InChI=1S/C18H20N2O/c1-12-10-18(14(3)21)20(13(12)2)9-8-15-11-19-17-7-5-4-6-16(15)17/h4-7,10-11,19H,8-9H2,1-3H3. The number of hydrogen-bond donors (Lipinski definition) is 1. The normalized spacial score (nSPS) is 11.2. The van der Waals surface area contributed by atoms with Crippen LogP contribution in [0.15, 0.2) is 36.5 Å². The van der Waals surface area contributed by atoms with Gasteiger partial charge in [-0.25, -0.2) is 0 Å². The van der Waals surface area contributed by atoms with E-state index in [1.807, 2.05) is 12.1 Å². The molecular formula is C18H20N2O. The van der Waals surface area contributed by atoms with E-state index in [4.69, 9.17) is 0 Å². The monoisotopic (exact) mass is 280 g/mol. The zero-order valence-corrected chi connectivity index (χ0v) is 12.7. The van der Waals surface area contributed by atoms with Gasteiger partial charge in [0, 0.05) is 36.3 Å². The lowest BCUT2D eigenvalue weighted by atomic mass is 10.1. The largest absolute Gasteiger partial charge is 0.361 e. The van der Waals surface area contributed by atoms with E-state index in [1.54, 1.807) is 6.92 Å². The fraction of sp³-hybridized carbons (Fsp3) is 0.278. The number of carbonyl (C=O) groups excluding carboxylic acids is 1. The number of aromatic nitrogens is 2. The summed E-state index contributed by atoms with van der Waals surface area (Å²) in [5, 5.41) is 1.27. The number of Topliss-reactive ketones (excluding diaryl/α,β-unsaturated/α-hetero) is 1. The smallest absolute Gasteiger partial charge is 0.176 e. The highest BCUT2D eigenvalue weighted by atomic mass is 16.1. The van der Waals surface area contributed by atoms with E-state index in [0.717, 1.165) is 18.7 Å². The number of aryl methyl sites for hydroxylation is 2. The van der Waals surface area contributed by atoms with Gasteiger partial charge in [0.05, 0.1) is 5.69 Å². The van der Waals surface area contributed by atoms with Crippen LogP contribution in [0.25, 0.3) is 10.9 Å². The summed E-state index contributed by atoms with van der Waals surface area (Å²) in [5.41, 5.74) is 5.63. The molecule has 0 unspecified atom stereocenters. The Labute approximate surface area is 124 Å². The summed E-state index contributed by atoms with van der Waals surface area (Å²) in [6.45, 7) is 6.60. The van der Waals surface area contributed by atoms with Crippen LogP contribution >= 0.6 is 0 Å². The number of ketones is 1. The van der Waals surface area contributed by atoms with Gasteiger partial charge in [0.1, 0.15) is 0 Å². The van der Waals surface area contributed by atoms with Gasteiger partial charge in [-0.05, 0) is 43.5 Å². The zero-order chi connectivity index (χ0) is 15.0. The van der Waals surface area contributed by atoms with Gasteiger partial charge in [-0.3, -0.25) is 4.79 Å². The van der Waals surface area contributed by atoms with Crippen molar-refractivity contribution in [1.82, 2.24) is 9.55 Å². The maximum Gasteiger partial charge on any atom is 0.176 e. The maximum absolute atomic E-state index is 11.8. The molecule has 1 aromatic carbocycles. The molecule has 0 aliphatic heterocycles. The predicted molar refractivity (Wildman–Crippen MR) is 85.9 cm³/mol. The van der Waals surface area contributed by atoms with Crippen molar-refractivity contribution in [2.45, 2.75) is 33.7 Å². The van der Waals surface area contributed by atoms with Crippen LogP contribution in [-0.2, 0) is 13.0 Å². The van der Waals surface area contributed by atoms with Crippen LogP contribution in [0, 0.1) is 13.8 Å². The van der Waals surface area contributed by atoms with Gasteiger partial charge in [0.15, 0.2) is 5.78 Å². The number of para-hydroxylation sites is 1.